The first kappa shape index (κ1) is 25.2. The van der Waals surface area contributed by atoms with Crippen molar-refractivity contribution in [2.24, 2.45) is 0 Å². The highest BCUT2D eigenvalue weighted by atomic mass is 35.5. The molecule has 0 unspecified atom stereocenters. The summed E-state index contributed by atoms with van der Waals surface area (Å²) in [4.78, 5) is 17.1. The van der Waals surface area contributed by atoms with Crippen LogP contribution in [0, 0.1) is 0 Å². The van der Waals surface area contributed by atoms with Crippen LogP contribution < -0.4 is 5.32 Å². The van der Waals surface area contributed by atoms with Gasteiger partial charge in [0.1, 0.15) is 12.1 Å². The molecule has 0 bridgehead atoms. The van der Waals surface area contributed by atoms with E-state index in [2.05, 4.69) is 29.6 Å². The number of benzene rings is 2. The Kier molecular flexibility index (Phi) is 9.88. The number of hydrogen-bond acceptors (Lipinski definition) is 5. The third-order valence-corrected chi connectivity index (χ3v) is 5.55. The van der Waals surface area contributed by atoms with Crippen LogP contribution in [-0.2, 0) is 22.5 Å². The van der Waals surface area contributed by atoms with E-state index >= 15 is 0 Å². The summed E-state index contributed by atoms with van der Waals surface area (Å²) in [7, 11) is 0. The minimum absolute atomic E-state index is 0. The van der Waals surface area contributed by atoms with E-state index in [1.807, 2.05) is 55.7 Å². The largest absolute Gasteiger partial charge is 0.459 e. The number of carbonyl (C=O) groups excluding carboxylic acids is 1. The van der Waals surface area contributed by atoms with Crippen molar-refractivity contribution in [1.29, 1.82) is 0 Å². The lowest BCUT2D eigenvalue weighted by Gasteiger charge is -2.20. The monoisotopic (exact) mass is 461 g/mol. The van der Waals surface area contributed by atoms with Gasteiger partial charge in [-0.15, -0.1) is 12.4 Å². The summed E-state index contributed by atoms with van der Waals surface area (Å²) in [5, 5.41) is 4.37. The van der Waals surface area contributed by atoms with E-state index in [0.717, 1.165) is 47.9 Å². The Morgan fingerprint density at radius 2 is 1.77 bits per heavy atom. The zero-order chi connectivity index (χ0) is 21.4. The van der Waals surface area contributed by atoms with Crippen molar-refractivity contribution >= 4 is 41.2 Å². The molecule has 31 heavy (non-hydrogen) atoms. The second kappa shape index (κ2) is 12.1. The number of fused-ring (bicyclic) bond motifs is 1. The second-order valence-electron chi connectivity index (χ2n) is 8.24. The number of nitrogens with one attached hydrogen (secondary N) is 1. The first-order valence-corrected chi connectivity index (χ1v) is 11.5. The van der Waals surface area contributed by atoms with Crippen LogP contribution in [0.25, 0.3) is 11.0 Å². The molecule has 0 fully saturated rings. The zero-order valence-electron chi connectivity index (χ0n) is 18.5. The molecule has 3 rings (SSSR count). The number of ether oxygens (including phenoxy) is 1. The predicted molar refractivity (Wildman–Crippen MR) is 131 cm³/mol. The number of carbonyl (C=O) groups is 1. The molecule has 0 radical (unpaired) electrons. The highest BCUT2D eigenvalue weighted by Crippen LogP contribution is 2.25. The fraction of sp³-hybridized carbons (Fsp3) is 0.417. The number of halogens is 1. The van der Waals surface area contributed by atoms with Gasteiger partial charge in [-0.1, -0.05) is 54.2 Å². The molecule has 2 aromatic carbocycles. The molecule has 7 heteroatoms. The van der Waals surface area contributed by atoms with Crippen LogP contribution in [0.3, 0.4) is 0 Å². The molecule has 0 aliphatic rings. The van der Waals surface area contributed by atoms with Gasteiger partial charge in [0.05, 0.1) is 11.0 Å². The number of hydrogen-bond donors (Lipinski definition) is 1. The Morgan fingerprint density at radius 3 is 2.52 bits per heavy atom. The molecule has 5 nitrogen and oxygen atoms in total. The lowest BCUT2D eigenvalue weighted by atomic mass is 10.1. The van der Waals surface area contributed by atoms with Crippen molar-refractivity contribution in [2.75, 3.05) is 18.8 Å². The van der Waals surface area contributed by atoms with Crippen molar-refractivity contribution in [3.8, 4) is 0 Å². The quantitative estimate of drug-likeness (QED) is 0.258. The first-order chi connectivity index (χ1) is 14.4. The Hall–Kier alpha value is -2.02. The molecule has 1 heterocycles. The number of rotatable bonds is 10. The molecule has 0 atom stereocenters. The van der Waals surface area contributed by atoms with E-state index in [1.54, 1.807) is 11.8 Å². The van der Waals surface area contributed by atoms with Crippen molar-refractivity contribution < 1.29 is 9.53 Å². The summed E-state index contributed by atoms with van der Waals surface area (Å²) < 4.78 is 7.48. The smallest absolute Gasteiger partial charge is 0.326 e. The Bertz CT molecular complexity index is 954. The van der Waals surface area contributed by atoms with Crippen LogP contribution in [-0.4, -0.2) is 40.0 Å². The first-order valence-electron chi connectivity index (χ1n) is 10.5. The molecule has 1 N–H and O–H groups in total. The number of nitrogens with zero attached hydrogens (tertiary/aromatic N) is 2. The SMILES string of the molecule is CC(C)(C)OC(=O)Cn1c(SCCCNCCc2ccccc2)nc2ccccc21.Cl. The van der Waals surface area contributed by atoms with E-state index in [0.29, 0.717) is 0 Å². The number of esters is 1. The van der Waals surface area contributed by atoms with Crippen LogP contribution >= 0.6 is 24.2 Å². The average Bonchev–Trinajstić information content (AvgIpc) is 3.04. The van der Waals surface area contributed by atoms with E-state index in [1.165, 1.54) is 5.56 Å². The summed E-state index contributed by atoms with van der Waals surface area (Å²) in [6.45, 7) is 7.78. The second-order valence-corrected chi connectivity index (χ2v) is 9.31. The van der Waals surface area contributed by atoms with E-state index in [-0.39, 0.29) is 24.9 Å². The Labute approximate surface area is 195 Å². The van der Waals surface area contributed by atoms with Gasteiger partial charge in [0.25, 0.3) is 0 Å². The average molecular weight is 462 g/mol. The van der Waals surface area contributed by atoms with E-state index in [9.17, 15) is 4.79 Å². The molecule has 0 saturated heterocycles. The number of para-hydroxylation sites is 2. The molecule has 1 aromatic heterocycles. The van der Waals surface area contributed by atoms with Crippen LogP contribution in [0.5, 0.6) is 0 Å². The van der Waals surface area contributed by atoms with E-state index < -0.39 is 5.60 Å². The maximum absolute atomic E-state index is 12.4. The van der Waals surface area contributed by atoms with Gasteiger partial charge in [-0.2, -0.15) is 0 Å². The molecular weight excluding hydrogens is 430 g/mol. The van der Waals surface area contributed by atoms with Gasteiger partial charge in [-0.3, -0.25) is 4.79 Å². The van der Waals surface area contributed by atoms with Crippen molar-refractivity contribution in [3.05, 3.63) is 60.2 Å². The minimum Gasteiger partial charge on any atom is -0.459 e. The van der Waals surface area contributed by atoms with Crippen LogP contribution in [0.2, 0.25) is 0 Å². The van der Waals surface area contributed by atoms with Gasteiger partial charge in [0.15, 0.2) is 5.16 Å². The summed E-state index contributed by atoms with van der Waals surface area (Å²) in [5.74, 6) is 0.700. The minimum atomic E-state index is -0.494. The zero-order valence-corrected chi connectivity index (χ0v) is 20.1. The molecular formula is C24H32ClN3O2S. The van der Waals surface area contributed by atoms with Gasteiger partial charge in [0, 0.05) is 5.75 Å². The number of imidazole rings is 1. The molecule has 0 amide bonds. The van der Waals surface area contributed by atoms with Gasteiger partial charge in [-0.05, 0) is 64.4 Å². The lowest BCUT2D eigenvalue weighted by molar-refractivity contribution is -0.155. The van der Waals surface area contributed by atoms with Crippen molar-refractivity contribution in [2.45, 2.75) is 50.9 Å². The third-order valence-electron chi connectivity index (χ3n) is 4.49. The predicted octanol–water partition coefficient (Wildman–Crippen LogP) is 5.11. The van der Waals surface area contributed by atoms with Gasteiger partial charge in [0.2, 0.25) is 0 Å². The van der Waals surface area contributed by atoms with Crippen molar-refractivity contribution in [1.82, 2.24) is 14.9 Å². The van der Waals surface area contributed by atoms with E-state index in [4.69, 9.17) is 9.72 Å². The molecule has 0 saturated carbocycles. The summed E-state index contributed by atoms with van der Waals surface area (Å²) in [6, 6.07) is 18.4. The van der Waals surface area contributed by atoms with Crippen LogP contribution in [0.1, 0.15) is 32.8 Å². The third kappa shape index (κ3) is 8.20. The van der Waals surface area contributed by atoms with Crippen LogP contribution in [0.15, 0.2) is 59.8 Å². The number of thioether (sulfide) groups is 1. The maximum atomic E-state index is 12.4. The standard InChI is InChI=1S/C24H31N3O2S.ClH/c1-24(2,3)29-22(28)18-27-21-13-8-7-12-20(21)26-23(27)30-17-9-15-25-16-14-19-10-5-4-6-11-19;/h4-8,10-13,25H,9,14-18H2,1-3H3;1H. The highest BCUT2D eigenvalue weighted by Gasteiger charge is 2.19. The number of aromatic nitrogens is 2. The summed E-state index contributed by atoms with van der Waals surface area (Å²) in [5.41, 5.74) is 2.73. The van der Waals surface area contributed by atoms with Gasteiger partial charge < -0.3 is 14.6 Å². The highest BCUT2D eigenvalue weighted by molar-refractivity contribution is 7.99. The summed E-state index contributed by atoms with van der Waals surface area (Å²) >= 11 is 1.69. The fourth-order valence-corrected chi connectivity index (χ4v) is 4.14. The molecule has 0 spiro atoms. The topological polar surface area (TPSA) is 56.1 Å². The van der Waals surface area contributed by atoms with Gasteiger partial charge >= 0.3 is 5.97 Å². The Morgan fingerprint density at radius 1 is 1.06 bits per heavy atom. The van der Waals surface area contributed by atoms with Crippen molar-refractivity contribution in [3.63, 3.8) is 0 Å². The Balaban J connectivity index is 0.00000341. The maximum Gasteiger partial charge on any atom is 0.326 e. The molecule has 0 aliphatic carbocycles. The lowest BCUT2D eigenvalue weighted by Crippen LogP contribution is -2.26. The molecule has 168 valence electrons. The normalized spacial score (nSPS) is 11.3. The van der Waals surface area contributed by atoms with Crippen LogP contribution in [0.4, 0.5) is 0 Å². The fourth-order valence-electron chi connectivity index (χ4n) is 3.18. The summed E-state index contributed by atoms with van der Waals surface area (Å²) in [6.07, 6.45) is 2.08. The molecule has 0 aliphatic heterocycles. The van der Waals surface area contributed by atoms with Gasteiger partial charge in [-0.25, -0.2) is 4.98 Å². The molecule has 3 aromatic rings.